The second-order valence-corrected chi connectivity index (χ2v) is 7.83. The highest BCUT2D eigenvalue weighted by atomic mass is 15.0. The lowest BCUT2D eigenvalue weighted by Gasteiger charge is -2.29. The summed E-state index contributed by atoms with van der Waals surface area (Å²) >= 11 is 0. The molecule has 3 nitrogen and oxygen atoms in total. The van der Waals surface area contributed by atoms with Gasteiger partial charge in [0.05, 0.1) is 0 Å². The lowest BCUT2D eigenvalue weighted by atomic mass is 9.88. The molecule has 0 rings (SSSR count). The molecule has 0 bridgehead atoms. The van der Waals surface area contributed by atoms with Gasteiger partial charge in [-0.2, -0.15) is 0 Å². The van der Waals surface area contributed by atoms with Gasteiger partial charge >= 0.3 is 0 Å². The van der Waals surface area contributed by atoms with E-state index in [-0.39, 0.29) is 0 Å². The quantitative estimate of drug-likeness (QED) is 0.594. The molecule has 0 aliphatic heterocycles. The maximum absolute atomic E-state index is 3.56. The molecule has 0 spiro atoms. The molecular weight excluding hydrogens is 234 g/mol. The molecule has 3 N–H and O–H groups in total. The molecule has 0 aromatic heterocycles. The number of rotatable bonds is 8. The summed E-state index contributed by atoms with van der Waals surface area (Å²) in [5, 5.41) is 10.6. The Morgan fingerprint density at radius 2 is 0.947 bits per heavy atom. The van der Waals surface area contributed by atoms with E-state index in [9.17, 15) is 0 Å². The molecule has 0 saturated heterocycles. The predicted octanol–water partition coefficient (Wildman–Crippen LogP) is 2.62. The lowest BCUT2D eigenvalue weighted by Crippen LogP contribution is -2.43. The van der Waals surface area contributed by atoms with E-state index in [1.54, 1.807) is 0 Å². The van der Waals surface area contributed by atoms with Crippen LogP contribution in [0.4, 0.5) is 0 Å². The largest absolute Gasteiger partial charge is 0.314 e. The fraction of sp³-hybridized carbons (Fsp3) is 1.00. The van der Waals surface area contributed by atoms with Crippen LogP contribution in [0.15, 0.2) is 0 Å². The molecule has 116 valence electrons. The van der Waals surface area contributed by atoms with Gasteiger partial charge in [-0.25, -0.2) is 0 Å². The third kappa shape index (κ3) is 9.42. The Balaban J connectivity index is 3.47. The predicted molar refractivity (Wildman–Crippen MR) is 86.7 cm³/mol. The number of hydrogen-bond acceptors (Lipinski definition) is 3. The van der Waals surface area contributed by atoms with Gasteiger partial charge in [-0.1, -0.05) is 41.5 Å². The molecule has 19 heavy (non-hydrogen) atoms. The van der Waals surface area contributed by atoms with Crippen LogP contribution in [0.1, 0.15) is 55.4 Å². The number of hydrogen-bond donors (Lipinski definition) is 3. The van der Waals surface area contributed by atoms with E-state index in [1.807, 2.05) is 0 Å². The molecule has 0 amide bonds. The van der Waals surface area contributed by atoms with Gasteiger partial charge in [0.1, 0.15) is 0 Å². The summed E-state index contributed by atoms with van der Waals surface area (Å²) < 4.78 is 0. The summed E-state index contributed by atoms with van der Waals surface area (Å²) in [6.45, 7) is 22.3. The van der Waals surface area contributed by atoms with E-state index in [0.717, 1.165) is 26.2 Å². The first-order chi connectivity index (χ1) is 8.55. The summed E-state index contributed by atoms with van der Waals surface area (Å²) in [6.07, 6.45) is 0. The summed E-state index contributed by atoms with van der Waals surface area (Å²) in [5.74, 6) is 0. The topological polar surface area (TPSA) is 36.1 Å². The fourth-order valence-electron chi connectivity index (χ4n) is 1.49. The molecular formula is C16H37N3. The van der Waals surface area contributed by atoms with Gasteiger partial charge in [0.25, 0.3) is 0 Å². The van der Waals surface area contributed by atoms with Crippen LogP contribution >= 0.6 is 0 Å². The first-order valence-corrected chi connectivity index (χ1v) is 7.72. The molecule has 0 radical (unpaired) electrons. The number of nitrogens with one attached hydrogen (secondary N) is 3. The second kappa shape index (κ2) is 8.23. The van der Waals surface area contributed by atoms with Crippen LogP contribution in [0.2, 0.25) is 0 Å². The monoisotopic (exact) mass is 271 g/mol. The zero-order valence-corrected chi connectivity index (χ0v) is 14.5. The standard InChI is InChI=1S/C16H37N3/c1-13(15(3,4)5)18-11-9-17-10-12-19-14(2)16(6,7)8/h13-14,17-19H,9-12H2,1-8H3. The molecule has 0 aliphatic rings. The smallest absolute Gasteiger partial charge is 0.00878 e. The molecule has 2 unspecified atom stereocenters. The van der Waals surface area contributed by atoms with E-state index >= 15 is 0 Å². The van der Waals surface area contributed by atoms with Crippen molar-refractivity contribution in [2.75, 3.05) is 26.2 Å². The van der Waals surface area contributed by atoms with Crippen molar-refractivity contribution in [1.82, 2.24) is 16.0 Å². The molecule has 3 heteroatoms. The van der Waals surface area contributed by atoms with Crippen molar-refractivity contribution in [2.45, 2.75) is 67.5 Å². The molecule has 0 aromatic rings. The summed E-state index contributed by atoms with van der Waals surface area (Å²) in [4.78, 5) is 0. The van der Waals surface area contributed by atoms with E-state index in [0.29, 0.717) is 22.9 Å². The van der Waals surface area contributed by atoms with Crippen LogP contribution in [0.25, 0.3) is 0 Å². The van der Waals surface area contributed by atoms with Gasteiger partial charge < -0.3 is 16.0 Å². The Morgan fingerprint density at radius 3 is 1.21 bits per heavy atom. The van der Waals surface area contributed by atoms with Crippen LogP contribution in [0, 0.1) is 10.8 Å². The maximum Gasteiger partial charge on any atom is 0.00878 e. The van der Waals surface area contributed by atoms with Crippen molar-refractivity contribution < 1.29 is 0 Å². The average molecular weight is 271 g/mol. The van der Waals surface area contributed by atoms with Gasteiger partial charge in [0, 0.05) is 38.3 Å². The normalized spacial score (nSPS) is 16.4. The van der Waals surface area contributed by atoms with Gasteiger partial charge in [0.15, 0.2) is 0 Å². The highest BCUT2D eigenvalue weighted by molar-refractivity contribution is 4.77. The van der Waals surface area contributed by atoms with Crippen molar-refractivity contribution in [3.8, 4) is 0 Å². The van der Waals surface area contributed by atoms with Crippen molar-refractivity contribution >= 4 is 0 Å². The summed E-state index contributed by atoms with van der Waals surface area (Å²) in [6, 6.07) is 1.10. The second-order valence-electron chi connectivity index (χ2n) is 7.83. The van der Waals surface area contributed by atoms with Crippen LogP contribution in [-0.2, 0) is 0 Å². The molecule has 0 aliphatic carbocycles. The molecule has 0 heterocycles. The molecule has 0 fully saturated rings. The Hall–Kier alpha value is -0.120. The zero-order valence-electron chi connectivity index (χ0n) is 14.5. The van der Waals surface area contributed by atoms with Gasteiger partial charge in [-0.05, 0) is 24.7 Å². The van der Waals surface area contributed by atoms with Gasteiger partial charge in [0.2, 0.25) is 0 Å². The minimum Gasteiger partial charge on any atom is -0.314 e. The van der Waals surface area contributed by atoms with Crippen molar-refractivity contribution in [3.63, 3.8) is 0 Å². The lowest BCUT2D eigenvalue weighted by molar-refractivity contribution is 0.282. The molecule has 2 atom stereocenters. The Morgan fingerprint density at radius 1 is 0.632 bits per heavy atom. The minimum atomic E-state index is 0.337. The molecule has 0 aromatic carbocycles. The van der Waals surface area contributed by atoms with E-state index in [2.05, 4.69) is 71.3 Å². The first kappa shape index (κ1) is 18.9. The van der Waals surface area contributed by atoms with Crippen molar-refractivity contribution in [2.24, 2.45) is 10.8 Å². The Kier molecular flexibility index (Phi) is 8.18. The Bertz CT molecular complexity index is 201. The summed E-state index contributed by atoms with van der Waals surface area (Å²) in [5.41, 5.74) is 0.674. The minimum absolute atomic E-state index is 0.337. The van der Waals surface area contributed by atoms with Gasteiger partial charge in [-0.3, -0.25) is 0 Å². The van der Waals surface area contributed by atoms with E-state index < -0.39 is 0 Å². The van der Waals surface area contributed by atoms with E-state index in [1.165, 1.54) is 0 Å². The van der Waals surface area contributed by atoms with Crippen LogP contribution in [0.3, 0.4) is 0 Å². The third-order valence-corrected chi connectivity index (χ3v) is 4.10. The third-order valence-electron chi connectivity index (χ3n) is 4.10. The fourth-order valence-corrected chi connectivity index (χ4v) is 1.49. The average Bonchev–Trinajstić information content (AvgIpc) is 2.24. The van der Waals surface area contributed by atoms with Gasteiger partial charge in [-0.15, -0.1) is 0 Å². The van der Waals surface area contributed by atoms with Crippen LogP contribution in [0.5, 0.6) is 0 Å². The first-order valence-electron chi connectivity index (χ1n) is 7.72. The van der Waals surface area contributed by atoms with Crippen molar-refractivity contribution in [3.05, 3.63) is 0 Å². The van der Waals surface area contributed by atoms with E-state index in [4.69, 9.17) is 0 Å². The summed E-state index contributed by atoms with van der Waals surface area (Å²) in [7, 11) is 0. The maximum atomic E-state index is 3.56. The highest BCUT2D eigenvalue weighted by Gasteiger charge is 2.19. The zero-order chi connectivity index (χ0) is 15.1. The van der Waals surface area contributed by atoms with Crippen molar-refractivity contribution in [1.29, 1.82) is 0 Å². The van der Waals surface area contributed by atoms with Crippen LogP contribution in [-0.4, -0.2) is 38.3 Å². The Labute approximate surface area is 121 Å². The SMILES string of the molecule is CC(NCCNCCNC(C)C(C)(C)C)C(C)(C)C. The van der Waals surface area contributed by atoms with Crippen LogP contribution < -0.4 is 16.0 Å². The molecule has 0 saturated carbocycles. The highest BCUT2D eigenvalue weighted by Crippen LogP contribution is 2.18.